The van der Waals surface area contributed by atoms with Crippen LogP contribution in [0.4, 0.5) is 0 Å². The Labute approximate surface area is 96.2 Å². The molecule has 2 rings (SSSR count). The number of hydrogen-bond donors (Lipinski definition) is 0. The second-order valence-corrected chi connectivity index (χ2v) is 3.78. The van der Waals surface area contributed by atoms with Crippen LogP contribution in [0.15, 0.2) is 9.59 Å². The van der Waals surface area contributed by atoms with Crippen molar-refractivity contribution >= 4 is 11.2 Å². The molecule has 0 aromatic carbocycles. The first kappa shape index (κ1) is 11.1. The number of rotatable bonds is 1. The third-order valence-corrected chi connectivity index (χ3v) is 2.81. The van der Waals surface area contributed by atoms with Crippen molar-refractivity contribution in [2.45, 2.75) is 13.5 Å². The van der Waals surface area contributed by atoms with Crippen molar-refractivity contribution in [2.75, 3.05) is 0 Å². The van der Waals surface area contributed by atoms with Gasteiger partial charge >= 0.3 is 5.69 Å². The maximum atomic E-state index is 11.9. The first-order valence-corrected chi connectivity index (χ1v) is 4.98. The Bertz CT molecular complexity index is 756. The molecule has 0 radical (unpaired) electrons. The number of aromatic nitrogens is 4. The van der Waals surface area contributed by atoms with Gasteiger partial charge in [-0.05, 0) is 6.92 Å². The Balaban J connectivity index is 3.11. The van der Waals surface area contributed by atoms with Gasteiger partial charge in [-0.15, -0.1) is 0 Å². The Morgan fingerprint density at radius 3 is 2.53 bits per heavy atom. The molecule has 0 aliphatic rings. The fourth-order valence-corrected chi connectivity index (χ4v) is 1.75. The zero-order valence-corrected chi connectivity index (χ0v) is 9.76. The standard InChI is InChI=1S/C10H11N5O2/c1-6-12-8-7(13(6)2)9(16)14(3)10(17)15(8)5-4-11/h5H2,1-3H3. The van der Waals surface area contributed by atoms with E-state index < -0.39 is 11.2 Å². The van der Waals surface area contributed by atoms with Crippen LogP contribution in [-0.4, -0.2) is 18.7 Å². The van der Waals surface area contributed by atoms with E-state index in [0.717, 1.165) is 4.57 Å². The van der Waals surface area contributed by atoms with Crippen molar-refractivity contribution in [3.8, 4) is 6.07 Å². The van der Waals surface area contributed by atoms with Crippen LogP contribution in [0.5, 0.6) is 0 Å². The Morgan fingerprint density at radius 1 is 1.29 bits per heavy atom. The van der Waals surface area contributed by atoms with Crippen LogP contribution < -0.4 is 11.2 Å². The van der Waals surface area contributed by atoms with Crippen LogP contribution >= 0.6 is 0 Å². The van der Waals surface area contributed by atoms with Gasteiger partial charge < -0.3 is 4.57 Å². The van der Waals surface area contributed by atoms with Gasteiger partial charge in [0.25, 0.3) is 5.56 Å². The quantitative estimate of drug-likeness (QED) is 0.649. The highest BCUT2D eigenvalue weighted by atomic mass is 16.2. The van der Waals surface area contributed by atoms with Gasteiger partial charge in [0.15, 0.2) is 11.2 Å². The molecule has 0 aliphatic carbocycles. The maximum absolute atomic E-state index is 11.9. The number of fused-ring (bicyclic) bond motifs is 1. The lowest BCUT2D eigenvalue weighted by Crippen LogP contribution is -2.38. The minimum absolute atomic E-state index is 0.125. The van der Waals surface area contributed by atoms with Crippen molar-refractivity contribution in [1.82, 2.24) is 18.7 Å². The van der Waals surface area contributed by atoms with Crippen LogP contribution in [0.25, 0.3) is 11.2 Å². The second kappa shape index (κ2) is 3.59. The third-order valence-electron chi connectivity index (χ3n) is 2.81. The number of hydrogen-bond acceptors (Lipinski definition) is 4. The van der Waals surface area contributed by atoms with Gasteiger partial charge in [0, 0.05) is 14.1 Å². The first-order chi connectivity index (χ1) is 7.99. The predicted octanol–water partition coefficient (Wildman–Crippen LogP) is -0.734. The number of nitrogens with zero attached hydrogens (tertiary/aromatic N) is 5. The summed E-state index contributed by atoms with van der Waals surface area (Å²) in [6.07, 6.45) is 0. The van der Waals surface area contributed by atoms with Crippen LogP contribution in [-0.2, 0) is 20.6 Å². The molecule has 88 valence electrons. The zero-order valence-electron chi connectivity index (χ0n) is 9.76. The van der Waals surface area contributed by atoms with Crippen LogP contribution in [0.1, 0.15) is 5.82 Å². The third kappa shape index (κ3) is 1.38. The molecular formula is C10H11N5O2. The minimum Gasteiger partial charge on any atom is -0.325 e. The van der Waals surface area contributed by atoms with Gasteiger partial charge in [0.05, 0.1) is 6.07 Å². The highest BCUT2D eigenvalue weighted by Gasteiger charge is 2.16. The molecule has 0 aliphatic heterocycles. The molecule has 2 heterocycles. The Kier molecular flexibility index (Phi) is 2.35. The van der Waals surface area contributed by atoms with E-state index in [2.05, 4.69) is 4.98 Å². The molecule has 17 heavy (non-hydrogen) atoms. The van der Waals surface area contributed by atoms with E-state index in [9.17, 15) is 9.59 Å². The van der Waals surface area contributed by atoms with Crippen LogP contribution in [0.3, 0.4) is 0 Å². The second-order valence-electron chi connectivity index (χ2n) is 3.78. The van der Waals surface area contributed by atoms with E-state index in [1.165, 1.54) is 11.6 Å². The average molecular weight is 233 g/mol. The molecule has 0 saturated heterocycles. The Morgan fingerprint density at radius 2 is 1.94 bits per heavy atom. The summed E-state index contributed by atoms with van der Waals surface area (Å²) in [7, 11) is 3.09. The average Bonchev–Trinajstić information content (AvgIpc) is 2.59. The van der Waals surface area contributed by atoms with Crippen molar-refractivity contribution in [3.05, 3.63) is 26.7 Å². The topological polar surface area (TPSA) is 85.6 Å². The van der Waals surface area contributed by atoms with Crippen molar-refractivity contribution in [2.24, 2.45) is 14.1 Å². The number of nitriles is 1. The summed E-state index contributed by atoms with van der Waals surface area (Å²) >= 11 is 0. The van der Waals surface area contributed by atoms with E-state index in [1.807, 2.05) is 6.07 Å². The van der Waals surface area contributed by atoms with Gasteiger partial charge in [-0.3, -0.25) is 13.9 Å². The summed E-state index contributed by atoms with van der Waals surface area (Å²) in [6.45, 7) is 1.61. The van der Waals surface area contributed by atoms with Gasteiger partial charge in [0.2, 0.25) is 0 Å². The molecule has 0 amide bonds. The zero-order chi connectivity index (χ0) is 12.7. The molecule has 0 saturated carbocycles. The molecule has 2 aromatic heterocycles. The largest absolute Gasteiger partial charge is 0.333 e. The van der Waals surface area contributed by atoms with Crippen molar-refractivity contribution < 1.29 is 0 Å². The fraction of sp³-hybridized carbons (Fsp3) is 0.400. The minimum atomic E-state index is -0.526. The lowest BCUT2D eigenvalue weighted by atomic mass is 10.5. The monoisotopic (exact) mass is 233 g/mol. The summed E-state index contributed by atoms with van der Waals surface area (Å²) in [5.41, 5.74) is -0.330. The highest BCUT2D eigenvalue weighted by molar-refractivity contribution is 5.70. The van der Waals surface area contributed by atoms with Gasteiger partial charge in [-0.2, -0.15) is 5.26 Å². The molecule has 0 bridgehead atoms. The van der Waals surface area contributed by atoms with Crippen molar-refractivity contribution in [1.29, 1.82) is 5.26 Å². The molecule has 0 N–H and O–H groups in total. The van der Waals surface area contributed by atoms with Crippen LogP contribution in [0, 0.1) is 18.3 Å². The smallest absolute Gasteiger partial charge is 0.325 e. The molecule has 2 aromatic rings. The van der Waals surface area contributed by atoms with Gasteiger partial charge in [-0.25, -0.2) is 9.78 Å². The van der Waals surface area contributed by atoms with Gasteiger partial charge in [0.1, 0.15) is 12.4 Å². The molecular weight excluding hydrogens is 222 g/mol. The summed E-state index contributed by atoms with van der Waals surface area (Å²) in [5, 5.41) is 8.71. The molecule has 0 fully saturated rings. The predicted molar refractivity (Wildman–Crippen MR) is 60.6 cm³/mol. The summed E-state index contributed by atoms with van der Waals surface area (Å²) in [5.74, 6) is 0.620. The summed E-state index contributed by atoms with van der Waals surface area (Å²) in [4.78, 5) is 27.9. The summed E-state index contributed by atoms with van der Waals surface area (Å²) in [6, 6.07) is 1.89. The van der Waals surface area contributed by atoms with E-state index >= 15 is 0 Å². The first-order valence-electron chi connectivity index (χ1n) is 4.98. The maximum Gasteiger partial charge on any atom is 0.333 e. The number of aryl methyl sites for hydroxylation is 2. The van der Waals surface area contributed by atoms with E-state index in [4.69, 9.17) is 5.26 Å². The fourth-order valence-electron chi connectivity index (χ4n) is 1.75. The lowest BCUT2D eigenvalue weighted by molar-refractivity contribution is 0.679. The SMILES string of the molecule is Cc1nc2c(c(=O)n(C)c(=O)n2CC#N)n1C. The molecule has 0 spiro atoms. The van der Waals surface area contributed by atoms with E-state index in [-0.39, 0.29) is 12.2 Å². The summed E-state index contributed by atoms with van der Waals surface area (Å²) < 4.78 is 3.80. The lowest BCUT2D eigenvalue weighted by Gasteiger charge is -2.04. The molecule has 0 atom stereocenters. The van der Waals surface area contributed by atoms with Crippen LogP contribution in [0.2, 0.25) is 0 Å². The molecule has 0 unspecified atom stereocenters. The molecule has 7 heteroatoms. The Hall–Kier alpha value is -2.36. The van der Waals surface area contributed by atoms with E-state index in [0.29, 0.717) is 11.3 Å². The normalized spacial score (nSPS) is 10.7. The van der Waals surface area contributed by atoms with E-state index in [1.54, 1.807) is 18.5 Å². The number of imidazole rings is 1. The van der Waals surface area contributed by atoms with Crippen molar-refractivity contribution in [3.63, 3.8) is 0 Å². The van der Waals surface area contributed by atoms with Gasteiger partial charge in [-0.1, -0.05) is 0 Å². The molecule has 7 nitrogen and oxygen atoms in total. The highest BCUT2D eigenvalue weighted by Crippen LogP contribution is 2.08.